The van der Waals surface area contributed by atoms with Crippen LogP contribution in [-0.2, 0) is 0 Å². The molecule has 0 N–H and O–H groups in total. The molecule has 23 heavy (non-hydrogen) atoms. The molecule has 0 spiro atoms. The van der Waals surface area contributed by atoms with E-state index in [0.717, 1.165) is 6.42 Å². The van der Waals surface area contributed by atoms with Gasteiger partial charge >= 0.3 is 0 Å². The summed E-state index contributed by atoms with van der Waals surface area (Å²) >= 11 is 6.28. The van der Waals surface area contributed by atoms with Gasteiger partial charge in [0.05, 0.1) is 10.7 Å². The van der Waals surface area contributed by atoms with Gasteiger partial charge in [0.15, 0.2) is 0 Å². The smallest absolute Gasteiger partial charge is 0.279 e. The predicted octanol–water partition coefficient (Wildman–Crippen LogP) is 3.63. The van der Waals surface area contributed by atoms with E-state index < -0.39 is 5.82 Å². The number of hydrogen-bond acceptors (Lipinski definition) is 3. The summed E-state index contributed by atoms with van der Waals surface area (Å²) in [5.41, 5.74) is 1.23. The highest BCUT2D eigenvalue weighted by atomic mass is 35.5. The van der Waals surface area contributed by atoms with Crippen molar-refractivity contribution in [2.75, 3.05) is 0 Å². The monoisotopic (exact) mass is 334 g/mol. The van der Waals surface area contributed by atoms with Gasteiger partial charge in [-0.2, -0.15) is 14.6 Å². The molecule has 1 atom stereocenters. The Kier molecular flexibility index (Phi) is 3.93. The minimum atomic E-state index is -0.409. The van der Waals surface area contributed by atoms with E-state index in [1.165, 1.54) is 29.0 Å². The maximum absolute atomic E-state index is 13.8. The SMILES string of the molecule is CCC(C)n1c(-c2cc(F)ccc2Cl)c(C)c(=O)n2ncnc12. The molecule has 0 fully saturated rings. The molecule has 0 radical (unpaired) electrons. The third-order valence-corrected chi connectivity index (χ3v) is 4.40. The van der Waals surface area contributed by atoms with Crippen molar-refractivity contribution in [1.82, 2.24) is 19.2 Å². The van der Waals surface area contributed by atoms with Gasteiger partial charge in [0.2, 0.25) is 5.78 Å². The van der Waals surface area contributed by atoms with E-state index in [9.17, 15) is 9.18 Å². The molecule has 3 rings (SSSR count). The molecule has 120 valence electrons. The zero-order valence-corrected chi connectivity index (χ0v) is 13.8. The second-order valence-electron chi connectivity index (χ2n) is 5.50. The van der Waals surface area contributed by atoms with Crippen LogP contribution in [0.4, 0.5) is 4.39 Å². The summed E-state index contributed by atoms with van der Waals surface area (Å²) in [6.45, 7) is 5.73. The number of nitrogens with zero attached hydrogens (tertiary/aromatic N) is 4. The highest BCUT2D eigenvalue weighted by Crippen LogP contribution is 2.33. The first-order valence-corrected chi connectivity index (χ1v) is 7.73. The summed E-state index contributed by atoms with van der Waals surface area (Å²) in [6.07, 6.45) is 2.15. The van der Waals surface area contributed by atoms with Crippen molar-refractivity contribution < 1.29 is 4.39 Å². The average molecular weight is 335 g/mol. The molecule has 7 heteroatoms. The molecule has 3 aromatic rings. The Morgan fingerprint density at radius 3 is 2.83 bits per heavy atom. The van der Waals surface area contributed by atoms with Crippen LogP contribution in [0.15, 0.2) is 29.3 Å². The average Bonchev–Trinajstić information content (AvgIpc) is 3.02. The van der Waals surface area contributed by atoms with Crippen LogP contribution in [0, 0.1) is 12.7 Å². The lowest BCUT2D eigenvalue weighted by Gasteiger charge is -2.22. The summed E-state index contributed by atoms with van der Waals surface area (Å²) in [4.78, 5) is 16.8. The summed E-state index contributed by atoms with van der Waals surface area (Å²) < 4.78 is 16.9. The van der Waals surface area contributed by atoms with Crippen LogP contribution in [-0.4, -0.2) is 19.2 Å². The Morgan fingerprint density at radius 2 is 2.13 bits per heavy atom. The van der Waals surface area contributed by atoms with Gasteiger partial charge in [0.25, 0.3) is 5.56 Å². The highest BCUT2D eigenvalue weighted by Gasteiger charge is 2.22. The Bertz CT molecular complexity index is 947. The minimum Gasteiger partial charge on any atom is -0.306 e. The zero-order valence-electron chi connectivity index (χ0n) is 13.0. The van der Waals surface area contributed by atoms with Crippen LogP contribution in [0.5, 0.6) is 0 Å². The maximum Gasteiger partial charge on any atom is 0.279 e. The van der Waals surface area contributed by atoms with Gasteiger partial charge in [0.1, 0.15) is 12.1 Å². The van der Waals surface area contributed by atoms with Gasteiger partial charge in [-0.3, -0.25) is 4.79 Å². The van der Waals surface area contributed by atoms with Crippen LogP contribution < -0.4 is 5.56 Å². The molecule has 5 nitrogen and oxygen atoms in total. The van der Waals surface area contributed by atoms with Crippen molar-refractivity contribution in [3.05, 3.63) is 51.3 Å². The lowest BCUT2D eigenvalue weighted by atomic mass is 10.1. The number of hydrogen-bond donors (Lipinski definition) is 0. The second kappa shape index (κ2) is 5.77. The summed E-state index contributed by atoms with van der Waals surface area (Å²) in [7, 11) is 0. The Morgan fingerprint density at radius 1 is 1.39 bits per heavy atom. The normalized spacial score (nSPS) is 12.7. The van der Waals surface area contributed by atoms with E-state index in [0.29, 0.717) is 27.6 Å². The molecule has 0 saturated carbocycles. The topological polar surface area (TPSA) is 52.2 Å². The summed E-state index contributed by atoms with van der Waals surface area (Å²) in [6, 6.07) is 4.17. The van der Waals surface area contributed by atoms with Gasteiger partial charge in [-0.05, 0) is 38.5 Å². The number of aromatic nitrogens is 4. The molecule has 0 bridgehead atoms. The van der Waals surface area contributed by atoms with Gasteiger partial charge in [-0.1, -0.05) is 18.5 Å². The first-order chi connectivity index (χ1) is 11.0. The largest absolute Gasteiger partial charge is 0.306 e. The molecular weight excluding hydrogens is 319 g/mol. The lowest BCUT2D eigenvalue weighted by Crippen LogP contribution is -2.25. The van der Waals surface area contributed by atoms with E-state index in [1.807, 2.05) is 18.4 Å². The maximum atomic E-state index is 13.8. The molecule has 0 aliphatic carbocycles. The van der Waals surface area contributed by atoms with Crippen LogP contribution in [0.3, 0.4) is 0 Å². The molecule has 0 amide bonds. The molecule has 0 aliphatic heterocycles. The molecule has 1 aromatic carbocycles. The molecule has 0 saturated heterocycles. The molecular formula is C16H16ClFN4O. The molecule has 0 aliphatic rings. The fourth-order valence-corrected chi connectivity index (χ4v) is 2.90. The molecule has 2 aromatic heterocycles. The zero-order chi connectivity index (χ0) is 16.7. The Balaban J connectivity index is 2.50. The van der Waals surface area contributed by atoms with Crippen LogP contribution in [0.2, 0.25) is 5.02 Å². The molecule has 2 heterocycles. The van der Waals surface area contributed by atoms with Crippen LogP contribution in [0.25, 0.3) is 17.0 Å². The second-order valence-corrected chi connectivity index (χ2v) is 5.91. The standard InChI is InChI=1S/C16H16ClFN4O/c1-4-9(2)21-14(12-7-11(18)5-6-13(12)17)10(3)15(23)22-16(21)19-8-20-22/h5-9H,4H2,1-3H3. The van der Waals surface area contributed by atoms with Crippen molar-refractivity contribution in [3.8, 4) is 11.3 Å². The fraction of sp³-hybridized carbons (Fsp3) is 0.312. The Hall–Kier alpha value is -2.21. The lowest BCUT2D eigenvalue weighted by molar-refractivity contribution is 0.532. The van der Waals surface area contributed by atoms with Crippen molar-refractivity contribution in [3.63, 3.8) is 0 Å². The number of fused-ring (bicyclic) bond motifs is 1. The summed E-state index contributed by atoms with van der Waals surface area (Å²) in [5.74, 6) is 0.0126. The van der Waals surface area contributed by atoms with Crippen molar-refractivity contribution >= 4 is 17.4 Å². The van der Waals surface area contributed by atoms with Crippen LogP contribution in [0.1, 0.15) is 31.9 Å². The quantitative estimate of drug-likeness (QED) is 0.735. The van der Waals surface area contributed by atoms with Gasteiger partial charge < -0.3 is 4.57 Å². The minimum absolute atomic E-state index is 0.0373. The Labute approximate surface area is 137 Å². The van der Waals surface area contributed by atoms with Gasteiger partial charge in [0, 0.05) is 17.2 Å². The number of rotatable bonds is 3. The van der Waals surface area contributed by atoms with Crippen molar-refractivity contribution in [2.24, 2.45) is 0 Å². The molecule has 1 unspecified atom stereocenters. The van der Waals surface area contributed by atoms with Crippen molar-refractivity contribution in [2.45, 2.75) is 33.2 Å². The van der Waals surface area contributed by atoms with E-state index >= 15 is 0 Å². The fourth-order valence-electron chi connectivity index (χ4n) is 2.69. The number of benzene rings is 1. The van der Waals surface area contributed by atoms with Gasteiger partial charge in [-0.15, -0.1) is 0 Å². The van der Waals surface area contributed by atoms with Crippen molar-refractivity contribution in [1.29, 1.82) is 0 Å². The van der Waals surface area contributed by atoms with E-state index in [1.54, 1.807) is 6.92 Å². The highest BCUT2D eigenvalue weighted by molar-refractivity contribution is 6.33. The van der Waals surface area contributed by atoms with E-state index in [4.69, 9.17) is 11.6 Å². The van der Waals surface area contributed by atoms with E-state index in [2.05, 4.69) is 10.1 Å². The first-order valence-electron chi connectivity index (χ1n) is 7.36. The predicted molar refractivity (Wildman–Crippen MR) is 87.4 cm³/mol. The summed E-state index contributed by atoms with van der Waals surface area (Å²) in [5, 5.41) is 4.38. The number of halogens is 2. The third kappa shape index (κ3) is 2.43. The van der Waals surface area contributed by atoms with E-state index in [-0.39, 0.29) is 11.6 Å². The first kappa shape index (κ1) is 15.7. The van der Waals surface area contributed by atoms with Gasteiger partial charge in [-0.25, -0.2) is 4.39 Å². The third-order valence-electron chi connectivity index (χ3n) is 4.07. The van der Waals surface area contributed by atoms with Crippen LogP contribution >= 0.6 is 11.6 Å².